The zero-order chi connectivity index (χ0) is 24.6. The van der Waals surface area contributed by atoms with E-state index in [1.807, 2.05) is 54.9 Å². The number of rotatable bonds is 9. The molecule has 2 fully saturated rings. The van der Waals surface area contributed by atoms with Crippen LogP contribution in [0.3, 0.4) is 0 Å². The number of amides is 1. The SMILES string of the molecule is O=C(Nc1ccccc1N1CCN(CCc2ccncc2)CC1)c1ccc(OCC2CCCO2)cc1. The van der Waals surface area contributed by atoms with E-state index in [1.165, 1.54) is 5.56 Å². The topological polar surface area (TPSA) is 66.9 Å². The summed E-state index contributed by atoms with van der Waals surface area (Å²) in [5.74, 6) is 0.633. The molecule has 0 radical (unpaired) electrons. The highest BCUT2D eigenvalue weighted by atomic mass is 16.5. The Labute approximate surface area is 213 Å². The molecule has 7 nitrogen and oxygen atoms in total. The van der Waals surface area contributed by atoms with Crippen LogP contribution >= 0.6 is 0 Å². The van der Waals surface area contributed by atoms with Crippen molar-refractivity contribution in [3.05, 3.63) is 84.2 Å². The first-order valence-electron chi connectivity index (χ1n) is 12.9. The first kappa shape index (κ1) is 24.3. The number of aromatic nitrogens is 1. The fourth-order valence-corrected chi connectivity index (χ4v) is 4.77. The Kier molecular flexibility index (Phi) is 8.10. The molecule has 0 saturated carbocycles. The fourth-order valence-electron chi connectivity index (χ4n) is 4.77. The van der Waals surface area contributed by atoms with Crippen molar-refractivity contribution in [2.45, 2.75) is 25.4 Å². The predicted molar refractivity (Wildman–Crippen MR) is 142 cm³/mol. The molecular weight excluding hydrogens is 452 g/mol. The molecule has 2 saturated heterocycles. The molecule has 2 aliphatic heterocycles. The number of piperazine rings is 1. The molecule has 7 heteroatoms. The summed E-state index contributed by atoms with van der Waals surface area (Å²) in [6, 6.07) is 19.5. The van der Waals surface area contributed by atoms with E-state index in [0.29, 0.717) is 12.2 Å². The summed E-state index contributed by atoms with van der Waals surface area (Å²) in [5.41, 5.74) is 3.83. The number of anilines is 2. The summed E-state index contributed by atoms with van der Waals surface area (Å²) in [7, 11) is 0. The number of nitrogens with zero attached hydrogens (tertiary/aromatic N) is 3. The van der Waals surface area contributed by atoms with Crippen LogP contribution in [-0.2, 0) is 11.2 Å². The van der Waals surface area contributed by atoms with E-state index < -0.39 is 0 Å². The van der Waals surface area contributed by atoms with Crippen LogP contribution in [0.15, 0.2) is 73.1 Å². The smallest absolute Gasteiger partial charge is 0.255 e. The molecule has 188 valence electrons. The van der Waals surface area contributed by atoms with Crippen LogP contribution < -0.4 is 15.0 Å². The lowest BCUT2D eigenvalue weighted by molar-refractivity contribution is 0.0679. The Morgan fingerprint density at radius 1 is 1.00 bits per heavy atom. The van der Waals surface area contributed by atoms with Crippen LogP contribution in [0.1, 0.15) is 28.8 Å². The fraction of sp³-hybridized carbons (Fsp3) is 0.379. The van der Waals surface area contributed by atoms with Crippen molar-refractivity contribution in [1.29, 1.82) is 0 Å². The highest BCUT2D eigenvalue weighted by Crippen LogP contribution is 2.27. The number of carbonyl (C=O) groups excluding carboxylic acids is 1. The van der Waals surface area contributed by atoms with Gasteiger partial charge in [-0.25, -0.2) is 0 Å². The highest BCUT2D eigenvalue weighted by Gasteiger charge is 2.20. The summed E-state index contributed by atoms with van der Waals surface area (Å²) in [4.78, 5) is 22.0. The quantitative estimate of drug-likeness (QED) is 0.488. The van der Waals surface area contributed by atoms with Crippen molar-refractivity contribution in [3.8, 4) is 5.75 Å². The zero-order valence-electron chi connectivity index (χ0n) is 20.6. The molecule has 36 heavy (non-hydrogen) atoms. The first-order chi connectivity index (χ1) is 17.7. The molecule has 5 rings (SSSR count). The second-order valence-electron chi connectivity index (χ2n) is 9.38. The van der Waals surface area contributed by atoms with E-state index in [1.54, 1.807) is 0 Å². The zero-order valence-corrected chi connectivity index (χ0v) is 20.6. The molecule has 3 heterocycles. The second kappa shape index (κ2) is 12.0. The number of hydrogen-bond acceptors (Lipinski definition) is 6. The standard InChI is InChI=1S/C29H34N4O3/c34-29(24-7-9-25(10-8-24)36-22-26-4-3-21-35-26)31-27-5-1-2-6-28(27)33-19-17-32(18-20-33)16-13-23-11-14-30-15-12-23/h1-2,5-12,14-15,26H,3-4,13,16-22H2,(H,31,34). The van der Waals surface area contributed by atoms with E-state index in [2.05, 4.69) is 38.3 Å². The van der Waals surface area contributed by atoms with Gasteiger partial charge in [-0.15, -0.1) is 0 Å². The van der Waals surface area contributed by atoms with Gasteiger partial charge >= 0.3 is 0 Å². The highest BCUT2D eigenvalue weighted by molar-refractivity contribution is 6.06. The largest absolute Gasteiger partial charge is 0.491 e. The van der Waals surface area contributed by atoms with Gasteiger partial charge in [0.2, 0.25) is 0 Å². The molecule has 3 aromatic rings. The summed E-state index contributed by atoms with van der Waals surface area (Å²) in [6.45, 7) is 6.28. The van der Waals surface area contributed by atoms with Crippen LogP contribution in [0.4, 0.5) is 11.4 Å². The maximum absolute atomic E-state index is 13.0. The van der Waals surface area contributed by atoms with Crippen molar-refractivity contribution < 1.29 is 14.3 Å². The van der Waals surface area contributed by atoms with Gasteiger partial charge in [-0.05, 0) is 73.4 Å². The van der Waals surface area contributed by atoms with Crippen molar-refractivity contribution in [2.75, 3.05) is 56.2 Å². The number of pyridine rings is 1. The minimum Gasteiger partial charge on any atom is -0.491 e. The van der Waals surface area contributed by atoms with Crippen molar-refractivity contribution in [2.24, 2.45) is 0 Å². The number of nitrogens with one attached hydrogen (secondary N) is 1. The minimum atomic E-state index is -0.121. The Balaban J connectivity index is 1.14. The van der Waals surface area contributed by atoms with Crippen LogP contribution in [0, 0.1) is 0 Å². The van der Waals surface area contributed by atoms with Crippen LogP contribution in [0.2, 0.25) is 0 Å². The lowest BCUT2D eigenvalue weighted by Gasteiger charge is -2.37. The Hall–Kier alpha value is -3.42. The molecule has 1 aromatic heterocycles. The Morgan fingerprint density at radius 3 is 2.53 bits per heavy atom. The molecule has 2 aliphatic rings. The van der Waals surface area contributed by atoms with Crippen LogP contribution in [0.25, 0.3) is 0 Å². The summed E-state index contributed by atoms with van der Waals surface area (Å²) in [5, 5.41) is 3.12. The Morgan fingerprint density at radius 2 is 1.78 bits per heavy atom. The third-order valence-electron chi connectivity index (χ3n) is 6.91. The third-order valence-corrected chi connectivity index (χ3v) is 6.91. The van der Waals surface area contributed by atoms with E-state index >= 15 is 0 Å². The number of para-hydroxylation sites is 2. The molecule has 0 bridgehead atoms. The van der Waals surface area contributed by atoms with Gasteiger partial charge in [0.1, 0.15) is 12.4 Å². The van der Waals surface area contributed by atoms with Gasteiger partial charge in [0.05, 0.1) is 17.5 Å². The predicted octanol–water partition coefficient (Wildman–Crippen LogP) is 4.26. The molecule has 0 aliphatic carbocycles. The van der Waals surface area contributed by atoms with E-state index in [0.717, 1.165) is 75.7 Å². The van der Waals surface area contributed by atoms with Crippen LogP contribution in [0.5, 0.6) is 5.75 Å². The average Bonchev–Trinajstić information content (AvgIpc) is 3.46. The average molecular weight is 487 g/mol. The van der Waals surface area contributed by atoms with Crippen molar-refractivity contribution in [1.82, 2.24) is 9.88 Å². The van der Waals surface area contributed by atoms with E-state index in [-0.39, 0.29) is 12.0 Å². The van der Waals surface area contributed by atoms with E-state index in [4.69, 9.17) is 9.47 Å². The maximum atomic E-state index is 13.0. The Bertz CT molecular complexity index is 1110. The summed E-state index contributed by atoms with van der Waals surface area (Å²) >= 11 is 0. The normalized spacial score (nSPS) is 18.2. The number of carbonyl (C=O) groups is 1. The van der Waals surface area contributed by atoms with Crippen molar-refractivity contribution in [3.63, 3.8) is 0 Å². The van der Waals surface area contributed by atoms with E-state index in [9.17, 15) is 4.79 Å². The van der Waals surface area contributed by atoms with Gasteiger partial charge in [-0.2, -0.15) is 0 Å². The van der Waals surface area contributed by atoms with Crippen molar-refractivity contribution >= 4 is 17.3 Å². The summed E-state index contributed by atoms with van der Waals surface area (Å²) in [6.07, 6.45) is 7.05. The van der Waals surface area contributed by atoms with Gasteiger partial charge < -0.3 is 19.7 Å². The van der Waals surface area contributed by atoms with Gasteiger partial charge in [-0.1, -0.05) is 12.1 Å². The number of benzene rings is 2. The summed E-state index contributed by atoms with van der Waals surface area (Å²) < 4.78 is 11.4. The maximum Gasteiger partial charge on any atom is 0.255 e. The minimum absolute atomic E-state index is 0.121. The van der Waals surface area contributed by atoms with Gasteiger partial charge in [0, 0.05) is 57.3 Å². The lowest BCUT2D eigenvalue weighted by atomic mass is 10.1. The van der Waals surface area contributed by atoms with Gasteiger partial charge in [0.25, 0.3) is 5.91 Å². The molecular formula is C29H34N4O3. The first-order valence-corrected chi connectivity index (χ1v) is 12.9. The molecule has 1 amide bonds. The molecule has 1 N–H and O–H groups in total. The third kappa shape index (κ3) is 6.42. The molecule has 0 spiro atoms. The number of hydrogen-bond donors (Lipinski definition) is 1. The molecule has 1 atom stereocenters. The molecule has 2 aromatic carbocycles. The van der Waals surface area contributed by atoms with Crippen LogP contribution in [-0.4, -0.2) is 67.8 Å². The number of ether oxygens (including phenoxy) is 2. The van der Waals surface area contributed by atoms with Gasteiger partial charge in [0.15, 0.2) is 0 Å². The lowest BCUT2D eigenvalue weighted by Crippen LogP contribution is -2.47. The molecule has 1 unspecified atom stereocenters. The van der Waals surface area contributed by atoms with Gasteiger partial charge in [-0.3, -0.25) is 14.7 Å². The second-order valence-corrected chi connectivity index (χ2v) is 9.38. The monoisotopic (exact) mass is 486 g/mol.